The van der Waals surface area contributed by atoms with E-state index in [1.807, 2.05) is 0 Å². The van der Waals surface area contributed by atoms with E-state index in [9.17, 15) is 4.79 Å². The van der Waals surface area contributed by atoms with Gasteiger partial charge in [-0.15, -0.1) is 0 Å². The van der Waals surface area contributed by atoms with Crippen LogP contribution in [0.1, 0.15) is 38.5 Å². The van der Waals surface area contributed by atoms with E-state index in [0.717, 1.165) is 25.9 Å². The Hall–Kier alpha value is 0.390. The van der Waals surface area contributed by atoms with Crippen LogP contribution in [0.4, 0.5) is 0 Å². The van der Waals surface area contributed by atoms with Crippen molar-refractivity contribution in [3.05, 3.63) is 0 Å². The fourth-order valence-corrected chi connectivity index (χ4v) is 3.69. The summed E-state index contributed by atoms with van der Waals surface area (Å²) in [4.78, 5) is 11.9. The van der Waals surface area contributed by atoms with Crippen LogP contribution in [-0.4, -0.2) is 34.8 Å². The molecule has 18 heavy (non-hydrogen) atoms. The summed E-state index contributed by atoms with van der Waals surface area (Å²) in [6.07, 6.45) is 7.09. The third kappa shape index (κ3) is 3.28. The number of hydrogen-bond donors (Lipinski definition) is 1. The summed E-state index contributed by atoms with van der Waals surface area (Å²) in [5.41, 5.74) is -0.170. The molecule has 0 radical (unpaired) electrons. The molecule has 1 aliphatic heterocycles. The lowest BCUT2D eigenvalue weighted by atomic mass is 9.78. The summed E-state index contributed by atoms with van der Waals surface area (Å²) in [5.74, 6) is 0.492. The van der Waals surface area contributed by atoms with Gasteiger partial charge in [0, 0.05) is 18.2 Å². The van der Waals surface area contributed by atoms with Crippen molar-refractivity contribution >= 4 is 37.8 Å². The van der Waals surface area contributed by atoms with Crippen LogP contribution in [0.3, 0.4) is 0 Å². The van der Waals surface area contributed by atoms with Crippen molar-refractivity contribution in [3.8, 4) is 0 Å². The van der Waals surface area contributed by atoms with Crippen LogP contribution in [0.25, 0.3) is 0 Å². The highest BCUT2D eigenvalue weighted by Gasteiger charge is 2.46. The van der Waals surface area contributed by atoms with Crippen LogP contribution in [0.2, 0.25) is 0 Å². The van der Waals surface area contributed by atoms with E-state index >= 15 is 0 Å². The zero-order valence-electron chi connectivity index (χ0n) is 10.7. The molecule has 0 spiro atoms. The van der Waals surface area contributed by atoms with Crippen LogP contribution >= 0.6 is 31.9 Å². The van der Waals surface area contributed by atoms with Gasteiger partial charge >= 0.3 is 5.97 Å². The maximum atomic E-state index is 12.1. The summed E-state index contributed by atoms with van der Waals surface area (Å²) < 4.78 is 5.98. The lowest BCUT2D eigenvalue weighted by molar-refractivity contribution is -0.668. The number of halogens is 2. The first-order chi connectivity index (χ1) is 8.68. The van der Waals surface area contributed by atoms with E-state index in [4.69, 9.17) is 4.74 Å². The van der Waals surface area contributed by atoms with Gasteiger partial charge in [-0.1, -0.05) is 44.7 Å². The number of hydrogen-bond acceptors (Lipinski definition) is 2. The molecule has 1 saturated carbocycles. The molecule has 3 nitrogen and oxygen atoms in total. The molecule has 1 saturated heterocycles. The number of rotatable bonds is 4. The Morgan fingerprint density at radius 2 is 1.94 bits per heavy atom. The maximum Gasteiger partial charge on any atom is 0.321 e. The van der Waals surface area contributed by atoms with Crippen molar-refractivity contribution < 1.29 is 14.8 Å². The van der Waals surface area contributed by atoms with Crippen LogP contribution in [0, 0.1) is 5.92 Å². The number of carbonyl (C=O) groups is 1. The van der Waals surface area contributed by atoms with Crippen LogP contribution < -0.4 is 5.32 Å². The third-order valence-corrected chi connectivity index (χ3v) is 6.55. The first-order valence-corrected chi connectivity index (χ1v) is 8.96. The molecule has 2 fully saturated rings. The normalized spacial score (nSPS) is 25.9. The predicted octanol–water partition coefficient (Wildman–Crippen LogP) is 1.97. The van der Waals surface area contributed by atoms with E-state index < -0.39 is 0 Å². The molecule has 1 atom stereocenters. The van der Waals surface area contributed by atoms with Gasteiger partial charge in [-0.2, -0.15) is 0 Å². The molecule has 1 unspecified atom stereocenters. The minimum Gasteiger partial charge on any atom is -0.457 e. The summed E-state index contributed by atoms with van der Waals surface area (Å²) in [6, 6.07) is 0. The minimum absolute atomic E-state index is 0.0966. The lowest BCUT2D eigenvalue weighted by Crippen LogP contribution is -2.88. The second kappa shape index (κ2) is 6.71. The zero-order chi connectivity index (χ0) is 13.0. The molecular formula is C13H22Br2NO2+. The summed E-state index contributed by atoms with van der Waals surface area (Å²) in [6.45, 7) is 2.18. The molecule has 0 aromatic heterocycles. The Bertz CT molecular complexity index is 287. The molecule has 2 aliphatic rings. The van der Waals surface area contributed by atoms with Crippen molar-refractivity contribution in [2.45, 2.75) is 49.0 Å². The number of piperidine rings is 1. The van der Waals surface area contributed by atoms with Crippen LogP contribution in [-0.2, 0) is 9.53 Å². The minimum atomic E-state index is -0.221. The number of carbonyl (C=O) groups excluding carboxylic acids is 1. The molecule has 1 heterocycles. The smallest absolute Gasteiger partial charge is 0.321 e. The van der Waals surface area contributed by atoms with E-state index in [2.05, 4.69) is 37.2 Å². The van der Waals surface area contributed by atoms with E-state index in [-0.39, 0.29) is 16.4 Å². The van der Waals surface area contributed by atoms with E-state index in [0.29, 0.717) is 11.2 Å². The largest absolute Gasteiger partial charge is 0.457 e. The number of quaternary nitrogens is 1. The Balaban J connectivity index is 2.06. The number of nitrogens with two attached hydrogens (primary N) is 1. The molecular weight excluding hydrogens is 362 g/mol. The predicted molar refractivity (Wildman–Crippen MR) is 78.2 cm³/mol. The Morgan fingerprint density at radius 3 is 2.50 bits per heavy atom. The Kier molecular flexibility index (Phi) is 5.51. The SMILES string of the molecule is O=C(OC1(C2CCCC2)CC[NH2+]CC1)C(Br)CBr. The summed E-state index contributed by atoms with van der Waals surface area (Å²) in [5, 5.41) is 2.94. The van der Waals surface area contributed by atoms with Crippen LogP contribution in [0.5, 0.6) is 0 Å². The molecule has 0 bridgehead atoms. The number of ether oxygens (including phenoxy) is 1. The van der Waals surface area contributed by atoms with Crippen molar-refractivity contribution in [2.75, 3.05) is 18.4 Å². The monoisotopic (exact) mass is 382 g/mol. The molecule has 0 aromatic rings. The molecule has 5 heteroatoms. The van der Waals surface area contributed by atoms with Crippen molar-refractivity contribution in [1.82, 2.24) is 0 Å². The van der Waals surface area contributed by atoms with E-state index in [1.54, 1.807) is 0 Å². The number of alkyl halides is 2. The fourth-order valence-electron chi connectivity index (χ4n) is 3.33. The maximum absolute atomic E-state index is 12.1. The molecule has 0 amide bonds. The second-order valence-electron chi connectivity index (χ2n) is 5.46. The Labute approximate surface area is 126 Å². The van der Waals surface area contributed by atoms with Crippen molar-refractivity contribution in [1.29, 1.82) is 0 Å². The van der Waals surface area contributed by atoms with Crippen molar-refractivity contribution in [3.63, 3.8) is 0 Å². The first kappa shape index (κ1) is 14.8. The average Bonchev–Trinajstić information content (AvgIpc) is 2.93. The molecule has 2 N–H and O–H groups in total. The highest BCUT2D eigenvalue weighted by molar-refractivity contribution is 9.12. The van der Waals surface area contributed by atoms with Gasteiger partial charge in [0.25, 0.3) is 0 Å². The standard InChI is InChI=1S/C13H21Br2NO2/c14-9-11(15)12(17)18-13(5-7-16-8-6-13)10-3-1-2-4-10/h10-11,16H,1-9H2/p+1. The van der Waals surface area contributed by atoms with Gasteiger partial charge in [0.2, 0.25) is 0 Å². The molecule has 104 valence electrons. The first-order valence-electron chi connectivity index (χ1n) is 6.92. The van der Waals surface area contributed by atoms with Gasteiger partial charge in [0.05, 0.1) is 13.1 Å². The fraction of sp³-hybridized carbons (Fsp3) is 0.923. The van der Waals surface area contributed by atoms with Gasteiger partial charge in [-0.05, 0) is 18.8 Å². The topological polar surface area (TPSA) is 42.9 Å². The van der Waals surface area contributed by atoms with E-state index in [1.165, 1.54) is 25.7 Å². The highest BCUT2D eigenvalue weighted by atomic mass is 79.9. The zero-order valence-corrected chi connectivity index (χ0v) is 13.8. The third-order valence-electron chi connectivity index (χ3n) is 4.34. The van der Waals surface area contributed by atoms with Gasteiger partial charge in [0.1, 0.15) is 10.4 Å². The van der Waals surface area contributed by atoms with Gasteiger partial charge in [-0.3, -0.25) is 4.79 Å². The highest BCUT2D eigenvalue weighted by Crippen LogP contribution is 2.41. The average molecular weight is 384 g/mol. The van der Waals surface area contributed by atoms with Crippen molar-refractivity contribution in [2.24, 2.45) is 5.92 Å². The van der Waals surface area contributed by atoms with Gasteiger partial charge in [-0.25, -0.2) is 0 Å². The molecule has 1 aliphatic carbocycles. The molecule has 0 aromatic carbocycles. The summed E-state index contributed by atoms with van der Waals surface area (Å²) >= 11 is 6.70. The summed E-state index contributed by atoms with van der Waals surface area (Å²) in [7, 11) is 0. The Morgan fingerprint density at radius 1 is 1.33 bits per heavy atom. The molecule has 2 rings (SSSR count). The number of esters is 1. The second-order valence-corrected chi connectivity index (χ2v) is 7.21. The lowest BCUT2D eigenvalue weighted by Gasteiger charge is -2.40. The van der Waals surface area contributed by atoms with Crippen LogP contribution in [0.15, 0.2) is 0 Å². The van der Waals surface area contributed by atoms with Gasteiger partial charge in [0.15, 0.2) is 0 Å². The quantitative estimate of drug-likeness (QED) is 0.595. The van der Waals surface area contributed by atoms with Gasteiger partial charge < -0.3 is 10.1 Å².